The van der Waals surface area contributed by atoms with E-state index >= 15 is 0 Å². The van der Waals surface area contributed by atoms with Gasteiger partial charge in [-0.2, -0.15) is 5.10 Å². The van der Waals surface area contributed by atoms with Crippen molar-refractivity contribution in [2.24, 2.45) is 5.10 Å². The van der Waals surface area contributed by atoms with Crippen LogP contribution in [0.4, 0.5) is 5.00 Å². The van der Waals surface area contributed by atoms with Gasteiger partial charge in [0.1, 0.15) is 10.8 Å². The first-order chi connectivity index (χ1) is 17.9. The van der Waals surface area contributed by atoms with Gasteiger partial charge in [0.05, 0.1) is 24.5 Å². The van der Waals surface area contributed by atoms with Crippen molar-refractivity contribution >= 4 is 46.3 Å². The lowest BCUT2D eigenvalue weighted by Gasteiger charge is -2.11. The summed E-state index contributed by atoms with van der Waals surface area (Å²) in [4.78, 5) is 50.5. The number of nitrogens with zero attached hydrogens (tertiary/aromatic N) is 1. The van der Waals surface area contributed by atoms with Gasteiger partial charge in [-0.15, -0.1) is 11.3 Å². The van der Waals surface area contributed by atoms with E-state index in [0.29, 0.717) is 27.4 Å². The van der Waals surface area contributed by atoms with Gasteiger partial charge >= 0.3 is 23.8 Å². The van der Waals surface area contributed by atoms with Crippen molar-refractivity contribution in [3.05, 3.63) is 81.2 Å². The molecule has 3 aromatic rings. The maximum absolute atomic E-state index is 12.5. The minimum absolute atomic E-state index is 0.297. The maximum Gasteiger partial charge on any atom is 0.343 e. The molecule has 1 heterocycles. The Morgan fingerprint density at radius 2 is 1.76 bits per heavy atom. The molecule has 1 aliphatic rings. The van der Waals surface area contributed by atoms with Crippen LogP contribution in [0, 0.1) is 6.92 Å². The zero-order chi connectivity index (χ0) is 26.4. The molecular weight excluding hydrogens is 494 g/mol. The Balaban J connectivity index is 1.37. The van der Waals surface area contributed by atoms with Crippen LogP contribution in [0.3, 0.4) is 0 Å². The summed E-state index contributed by atoms with van der Waals surface area (Å²) >= 11 is 1.28. The third kappa shape index (κ3) is 6.28. The number of amides is 2. The molecule has 190 valence electrons. The van der Waals surface area contributed by atoms with Crippen LogP contribution in [-0.2, 0) is 27.2 Å². The average molecular weight is 520 g/mol. The highest BCUT2D eigenvalue weighted by Gasteiger charge is 2.28. The number of carbonyl (C=O) groups excluding carboxylic acids is 4. The molecular formula is C27H25N3O6S. The zero-order valence-electron chi connectivity index (χ0n) is 20.3. The Labute approximate surface area is 217 Å². The molecule has 10 heteroatoms. The average Bonchev–Trinajstić information content (AvgIpc) is 3.26. The predicted molar refractivity (Wildman–Crippen MR) is 139 cm³/mol. The SMILES string of the molecule is COC(=O)c1c(NC(=O)C(=O)N/N=C/c2cccc(OC(=O)c3cccc(C)c3)c2)sc2c1CCCC2. The molecule has 2 N–H and O–H groups in total. The van der Waals surface area contributed by atoms with Gasteiger partial charge in [0, 0.05) is 4.88 Å². The first kappa shape index (κ1) is 25.8. The number of fused-ring (bicyclic) bond motifs is 1. The second-order valence-corrected chi connectivity index (χ2v) is 9.50. The minimum Gasteiger partial charge on any atom is -0.465 e. The van der Waals surface area contributed by atoms with Crippen molar-refractivity contribution in [2.75, 3.05) is 12.4 Å². The fraction of sp³-hybridized carbons (Fsp3) is 0.222. The van der Waals surface area contributed by atoms with E-state index in [2.05, 4.69) is 15.8 Å². The molecule has 0 unspecified atom stereocenters. The lowest BCUT2D eigenvalue weighted by atomic mass is 9.95. The van der Waals surface area contributed by atoms with Crippen LogP contribution in [0.5, 0.6) is 5.75 Å². The molecule has 0 radical (unpaired) electrons. The molecule has 2 amide bonds. The Morgan fingerprint density at radius 3 is 2.54 bits per heavy atom. The van der Waals surface area contributed by atoms with Crippen LogP contribution >= 0.6 is 11.3 Å². The smallest absolute Gasteiger partial charge is 0.343 e. The van der Waals surface area contributed by atoms with Gasteiger partial charge in [0.2, 0.25) is 0 Å². The van der Waals surface area contributed by atoms with Gasteiger partial charge in [-0.1, -0.05) is 29.8 Å². The van der Waals surface area contributed by atoms with Crippen molar-refractivity contribution in [2.45, 2.75) is 32.6 Å². The number of methoxy groups -OCH3 is 1. The van der Waals surface area contributed by atoms with Gasteiger partial charge in [0.25, 0.3) is 0 Å². The van der Waals surface area contributed by atoms with Crippen LogP contribution in [-0.4, -0.2) is 37.1 Å². The highest BCUT2D eigenvalue weighted by molar-refractivity contribution is 7.17. The largest absolute Gasteiger partial charge is 0.465 e. The number of ether oxygens (including phenoxy) is 2. The molecule has 0 fully saturated rings. The summed E-state index contributed by atoms with van der Waals surface area (Å²) in [5, 5.41) is 6.63. The van der Waals surface area contributed by atoms with E-state index in [9.17, 15) is 19.2 Å². The molecule has 0 spiro atoms. The first-order valence-electron chi connectivity index (χ1n) is 11.6. The number of esters is 2. The predicted octanol–water partition coefficient (Wildman–Crippen LogP) is 4.03. The Hall–Kier alpha value is -4.31. The normalized spacial score (nSPS) is 12.5. The van der Waals surface area contributed by atoms with Crippen LogP contribution in [0.25, 0.3) is 0 Å². The van der Waals surface area contributed by atoms with Crippen molar-refractivity contribution in [3.8, 4) is 5.75 Å². The van der Waals surface area contributed by atoms with Gasteiger partial charge < -0.3 is 14.8 Å². The number of anilines is 1. The van der Waals surface area contributed by atoms with E-state index in [0.717, 1.165) is 41.7 Å². The standard InChI is InChI=1S/C27H25N3O6S/c1-16-7-5-9-18(13-16)26(33)36-19-10-6-8-17(14-19)15-28-30-24(32)23(31)29-25-22(27(34)35-2)20-11-3-4-12-21(20)37-25/h5-10,13-15H,3-4,11-12H2,1-2H3,(H,29,31)(H,30,32)/b28-15+. The number of aryl methyl sites for hydroxylation is 2. The second-order valence-electron chi connectivity index (χ2n) is 8.39. The van der Waals surface area contributed by atoms with E-state index in [1.165, 1.54) is 24.7 Å². The third-order valence-electron chi connectivity index (χ3n) is 5.70. The van der Waals surface area contributed by atoms with Crippen molar-refractivity contribution in [3.63, 3.8) is 0 Å². The van der Waals surface area contributed by atoms with E-state index in [1.807, 2.05) is 13.0 Å². The fourth-order valence-corrected chi connectivity index (χ4v) is 5.22. The molecule has 4 rings (SSSR count). The second kappa shape index (κ2) is 11.6. The van der Waals surface area contributed by atoms with Crippen LogP contribution < -0.4 is 15.5 Å². The van der Waals surface area contributed by atoms with Crippen LogP contribution in [0.2, 0.25) is 0 Å². The zero-order valence-corrected chi connectivity index (χ0v) is 21.1. The molecule has 37 heavy (non-hydrogen) atoms. The van der Waals surface area contributed by atoms with Crippen molar-refractivity contribution in [1.82, 2.24) is 5.43 Å². The molecule has 9 nitrogen and oxygen atoms in total. The molecule has 0 saturated carbocycles. The Kier molecular flexibility index (Phi) is 8.09. The Morgan fingerprint density at radius 1 is 0.973 bits per heavy atom. The number of hydrogen-bond donors (Lipinski definition) is 2. The van der Waals surface area contributed by atoms with Gasteiger partial charge in [-0.3, -0.25) is 9.59 Å². The van der Waals surface area contributed by atoms with E-state index in [-0.39, 0.29) is 0 Å². The fourth-order valence-electron chi connectivity index (χ4n) is 3.94. The molecule has 0 aliphatic heterocycles. The number of rotatable bonds is 6. The van der Waals surface area contributed by atoms with Gasteiger partial charge in [-0.25, -0.2) is 15.0 Å². The molecule has 0 saturated heterocycles. The highest BCUT2D eigenvalue weighted by Crippen LogP contribution is 2.38. The number of nitrogens with one attached hydrogen (secondary N) is 2. The molecule has 0 bridgehead atoms. The van der Waals surface area contributed by atoms with Crippen LogP contribution in [0.15, 0.2) is 53.6 Å². The highest BCUT2D eigenvalue weighted by atomic mass is 32.1. The summed E-state index contributed by atoms with van der Waals surface area (Å²) in [5.41, 5.74) is 5.26. The number of thiophene rings is 1. The monoisotopic (exact) mass is 519 g/mol. The molecule has 0 atom stereocenters. The summed E-state index contributed by atoms with van der Waals surface area (Å²) in [6.07, 6.45) is 4.81. The molecule has 1 aliphatic carbocycles. The minimum atomic E-state index is -1.000. The molecule has 2 aromatic carbocycles. The third-order valence-corrected chi connectivity index (χ3v) is 6.90. The number of hydrogen-bond acceptors (Lipinski definition) is 8. The summed E-state index contributed by atoms with van der Waals surface area (Å²) < 4.78 is 10.3. The van der Waals surface area contributed by atoms with E-state index < -0.39 is 23.8 Å². The molecule has 1 aromatic heterocycles. The summed E-state index contributed by atoms with van der Waals surface area (Å²) in [6.45, 7) is 1.88. The lowest BCUT2D eigenvalue weighted by molar-refractivity contribution is -0.136. The van der Waals surface area contributed by atoms with Gasteiger partial charge in [-0.05, 0) is 68.0 Å². The first-order valence-corrected chi connectivity index (χ1v) is 12.4. The van der Waals surface area contributed by atoms with Crippen molar-refractivity contribution < 1.29 is 28.7 Å². The quantitative estimate of drug-likeness (QED) is 0.167. The number of carbonyl (C=O) groups is 4. The Bertz CT molecular complexity index is 1390. The number of hydrazone groups is 1. The van der Waals surface area contributed by atoms with E-state index in [1.54, 1.807) is 42.5 Å². The summed E-state index contributed by atoms with van der Waals surface area (Å²) in [5.74, 6) is -2.70. The topological polar surface area (TPSA) is 123 Å². The lowest BCUT2D eigenvalue weighted by Crippen LogP contribution is -2.32. The van der Waals surface area contributed by atoms with Crippen LogP contribution in [0.1, 0.15) is 55.1 Å². The van der Waals surface area contributed by atoms with Crippen molar-refractivity contribution in [1.29, 1.82) is 0 Å². The maximum atomic E-state index is 12.5. The van der Waals surface area contributed by atoms with Gasteiger partial charge in [0.15, 0.2) is 0 Å². The summed E-state index contributed by atoms with van der Waals surface area (Å²) in [6, 6.07) is 13.6. The summed E-state index contributed by atoms with van der Waals surface area (Å²) in [7, 11) is 1.28. The van der Waals surface area contributed by atoms with E-state index in [4.69, 9.17) is 9.47 Å². The number of benzene rings is 2.